The number of anilines is 1. The van der Waals surface area contributed by atoms with E-state index in [1.165, 1.54) is 16.6 Å². The van der Waals surface area contributed by atoms with Crippen LogP contribution in [-0.2, 0) is 24.2 Å². The molecular weight excluding hydrogens is 514 g/mol. The number of thioether (sulfide) groups is 1. The van der Waals surface area contributed by atoms with Crippen molar-refractivity contribution in [3.8, 4) is 11.8 Å². The molecule has 1 amide bonds. The Balaban J connectivity index is 1.44. The smallest absolute Gasteiger partial charge is 0.235 e. The number of carbonyl (C=O) groups is 1. The molecular formula is C29H35N5O2S2. The number of nitrogens with one attached hydrogen (secondary N) is 1. The van der Waals surface area contributed by atoms with E-state index in [0.717, 1.165) is 36.1 Å². The summed E-state index contributed by atoms with van der Waals surface area (Å²) in [5, 5.41) is 22.8. The molecule has 38 heavy (non-hydrogen) atoms. The van der Waals surface area contributed by atoms with Crippen LogP contribution in [0.25, 0.3) is 0 Å². The molecule has 0 aliphatic heterocycles. The highest BCUT2D eigenvalue weighted by Gasteiger charge is 2.32. The molecule has 2 unspecified atom stereocenters. The van der Waals surface area contributed by atoms with Gasteiger partial charge in [-0.2, -0.15) is 5.26 Å². The van der Waals surface area contributed by atoms with Crippen molar-refractivity contribution >= 4 is 34.0 Å². The Bertz CT molecular complexity index is 1360. The van der Waals surface area contributed by atoms with Gasteiger partial charge in [-0.1, -0.05) is 56.8 Å². The summed E-state index contributed by atoms with van der Waals surface area (Å²) in [6, 6.07) is 10.2. The molecule has 0 bridgehead atoms. The maximum Gasteiger partial charge on any atom is 0.235 e. The molecule has 9 heteroatoms. The number of carbonyl (C=O) groups excluding carboxylic acids is 1. The number of fused-ring (bicyclic) bond motifs is 1. The van der Waals surface area contributed by atoms with Crippen molar-refractivity contribution in [2.75, 3.05) is 11.1 Å². The van der Waals surface area contributed by atoms with Crippen LogP contribution in [0.4, 0.5) is 5.00 Å². The minimum atomic E-state index is -0.334. The molecule has 1 aliphatic rings. The van der Waals surface area contributed by atoms with Crippen molar-refractivity contribution in [3.05, 3.63) is 64.3 Å². The van der Waals surface area contributed by atoms with Gasteiger partial charge in [-0.05, 0) is 61.6 Å². The maximum atomic E-state index is 12.9. The first-order valence-electron chi connectivity index (χ1n) is 12.9. The minimum Gasteiger partial charge on any atom is -0.482 e. The van der Waals surface area contributed by atoms with Gasteiger partial charge in [0.25, 0.3) is 0 Å². The fourth-order valence-corrected chi connectivity index (χ4v) is 6.81. The summed E-state index contributed by atoms with van der Waals surface area (Å²) in [6.45, 7) is 15.1. The topological polar surface area (TPSA) is 92.8 Å². The summed E-state index contributed by atoms with van der Waals surface area (Å²) >= 11 is 2.86. The molecule has 2 heterocycles. The lowest BCUT2D eigenvalue weighted by atomic mass is 9.72. The van der Waals surface area contributed by atoms with E-state index < -0.39 is 0 Å². The zero-order valence-electron chi connectivity index (χ0n) is 22.7. The van der Waals surface area contributed by atoms with E-state index in [0.29, 0.717) is 34.0 Å². The molecule has 0 fully saturated rings. The van der Waals surface area contributed by atoms with Gasteiger partial charge in [-0.25, -0.2) is 0 Å². The van der Waals surface area contributed by atoms with E-state index in [2.05, 4.69) is 48.9 Å². The Morgan fingerprint density at radius 2 is 2.16 bits per heavy atom. The number of nitrogens with zero attached hydrogens (tertiary/aromatic N) is 4. The van der Waals surface area contributed by atoms with E-state index in [1.54, 1.807) is 17.4 Å². The monoisotopic (exact) mass is 549 g/mol. The fraction of sp³-hybridized carbons (Fsp3) is 0.448. The third kappa shape index (κ3) is 6.13. The summed E-state index contributed by atoms with van der Waals surface area (Å²) in [4.78, 5) is 14.2. The maximum absolute atomic E-state index is 12.9. The Hall–Kier alpha value is -3.09. The molecule has 0 spiro atoms. The van der Waals surface area contributed by atoms with E-state index in [4.69, 9.17) is 4.74 Å². The Labute approximate surface area is 233 Å². The normalized spacial score (nSPS) is 15.8. The van der Waals surface area contributed by atoms with E-state index >= 15 is 0 Å². The second-order valence-electron chi connectivity index (χ2n) is 10.7. The zero-order chi connectivity index (χ0) is 27.4. The highest BCUT2D eigenvalue weighted by atomic mass is 32.2. The third-order valence-corrected chi connectivity index (χ3v) is 9.14. The zero-order valence-corrected chi connectivity index (χ0v) is 24.3. The second-order valence-corrected chi connectivity index (χ2v) is 12.8. The average Bonchev–Trinajstić information content (AvgIpc) is 3.43. The minimum absolute atomic E-state index is 0.153. The number of nitriles is 1. The van der Waals surface area contributed by atoms with Crippen LogP contribution in [0.5, 0.6) is 5.75 Å². The van der Waals surface area contributed by atoms with Crippen molar-refractivity contribution in [1.82, 2.24) is 14.8 Å². The van der Waals surface area contributed by atoms with Gasteiger partial charge in [-0.3, -0.25) is 9.36 Å². The second kappa shape index (κ2) is 11.7. The SMILES string of the molecule is C=CCn1c(SCC(=O)Nc2sc3c(c2C#N)CCC(C(C)(C)C)C3)nnc1C(C)Oc1ccccc1C. The molecule has 7 nitrogen and oxygen atoms in total. The van der Waals surface area contributed by atoms with Gasteiger partial charge < -0.3 is 10.1 Å². The van der Waals surface area contributed by atoms with Crippen LogP contribution >= 0.6 is 23.1 Å². The van der Waals surface area contributed by atoms with Gasteiger partial charge in [0.2, 0.25) is 5.91 Å². The number of aryl methyl sites for hydroxylation is 1. The molecule has 3 aromatic rings. The first-order chi connectivity index (χ1) is 18.1. The first-order valence-corrected chi connectivity index (χ1v) is 14.7. The van der Waals surface area contributed by atoms with Crippen molar-refractivity contribution in [2.45, 2.75) is 71.7 Å². The number of benzene rings is 1. The van der Waals surface area contributed by atoms with Gasteiger partial charge in [0, 0.05) is 11.4 Å². The van der Waals surface area contributed by atoms with E-state index in [1.807, 2.05) is 42.7 Å². The number of hydrogen-bond donors (Lipinski definition) is 1. The molecule has 0 saturated heterocycles. The van der Waals surface area contributed by atoms with E-state index in [-0.39, 0.29) is 23.2 Å². The van der Waals surface area contributed by atoms with Gasteiger partial charge >= 0.3 is 0 Å². The van der Waals surface area contributed by atoms with Gasteiger partial charge in [0.05, 0.1) is 11.3 Å². The summed E-state index contributed by atoms with van der Waals surface area (Å²) in [6.07, 6.45) is 4.35. The molecule has 1 N–H and O–H groups in total. The average molecular weight is 550 g/mol. The largest absolute Gasteiger partial charge is 0.482 e. The van der Waals surface area contributed by atoms with Crippen LogP contribution in [-0.4, -0.2) is 26.4 Å². The number of allylic oxidation sites excluding steroid dienone is 1. The number of para-hydroxylation sites is 1. The summed E-state index contributed by atoms with van der Waals surface area (Å²) in [7, 11) is 0. The molecule has 0 radical (unpaired) electrons. The predicted octanol–water partition coefficient (Wildman–Crippen LogP) is 6.73. The molecule has 1 aliphatic carbocycles. The summed E-state index contributed by atoms with van der Waals surface area (Å²) < 4.78 is 8.08. The van der Waals surface area contributed by atoms with Crippen molar-refractivity contribution in [2.24, 2.45) is 11.3 Å². The Morgan fingerprint density at radius 3 is 2.84 bits per heavy atom. The lowest BCUT2D eigenvalue weighted by molar-refractivity contribution is -0.113. The summed E-state index contributed by atoms with van der Waals surface area (Å²) in [5.41, 5.74) is 2.99. The quantitative estimate of drug-likeness (QED) is 0.235. The first kappa shape index (κ1) is 27.9. The van der Waals surface area contributed by atoms with Crippen molar-refractivity contribution in [3.63, 3.8) is 0 Å². The summed E-state index contributed by atoms with van der Waals surface area (Å²) in [5.74, 6) is 2.02. The predicted molar refractivity (Wildman–Crippen MR) is 154 cm³/mol. The number of hydrogen-bond acceptors (Lipinski definition) is 7. The van der Waals surface area contributed by atoms with Gasteiger partial charge in [0.1, 0.15) is 16.8 Å². The molecule has 4 rings (SSSR count). The highest BCUT2D eigenvalue weighted by Crippen LogP contribution is 2.44. The van der Waals surface area contributed by atoms with Crippen molar-refractivity contribution < 1.29 is 9.53 Å². The van der Waals surface area contributed by atoms with Crippen LogP contribution in [0, 0.1) is 29.6 Å². The highest BCUT2D eigenvalue weighted by molar-refractivity contribution is 7.99. The molecule has 200 valence electrons. The Kier molecular flexibility index (Phi) is 8.64. The number of rotatable bonds is 9. The van der Waals surface area contributed by atoms with Gasteiger partial charge in [-0.15, -0.1) is 28.1 Å². The van der Waals surface area contributed by atoms with Crippen LogP contribution in [0.2, 0.25) is 0 Å². The van der Waals surface area contributed by atoms with Crippen LogP contribution in [0.1, 0.15) is 67.6 Å². The third-order valence-electron chi connectivity index (χ3n) is 7.01. The number of amides is 1. The lowest BCUT2D eigenvalue weighted by Crippen LogP contribution is -2.26. The number of aromatic nitrogens is 3. The molecule has 2 aromatic heterocycles. The fourth-order valence-electron chi connectivity index (χ4n) is 4.76. The lowest BCUT2D eigenvalue weighted by Gasteiger charge is -2.33. The standard InChI is InChI=1S/C29H35N5O2S2/c1-7-14-34-26(19(3)36-23-11-9-8-10-18(23)2)32-33-28(34)37-17-25(35)31-27-22(16-30)21-13-12-20(29(4,5)6)15-24(21)38-27/h7-11,19-20H,1,12-15,17H2,2-6H3,(H,31,35). The van der Waals surface area contributed by atoms with Crippen LogP contribution < -0.4 is 10.1 Å². The van der Waals surface area contributed by atoms with Crippen LogP contribution in [0.15, 0.2) is 42.1 Å². The van der Waals surface area contributed by atoms with Crippen molar-refractivity contribution in [1.29, 1.82) is 5.26 Å². The van der Waals surface area contributed by atoms with Crippen LogP contribution in [0.3, 0.4) is 0 Å². The van der Waals surface area contributed by atoms with E-state index in [9.17, 15) is 10.1 Å². The van der Waals surface area contributed by atoms with Gasteiger partial charge in [0.15, 0.2) is 17.1 Å². The number of ether oxygens (including phenoxy) is 1. The molecule has 0 saturated carbocycles. The number of thiophene rings is 1. The molecule has 1 aromatic carbocycles. The Morgan fingerprint density at radius 1 is 1.39 bits per heavy atom. The molecule has 2 atom stereocenters.